The summed E-state index contributed by atoms with van der Waals surface area (Å²) in [6.07, 6.45) is 0. The van der Waals surface area contributed by atoms with Crippen LogP contribution in [0.15, 0.2) is 33.5 Å². The zero-order chi connectivity index (χ0) is 19.0. The Morgan fingerprint density at radius 3 is 2.31 bits per heavy atom. The van der Waals surface area contributed by atoms with Crippen molar-refractivity contribution in [3.05, 3.63) is 55.0 Å². The number of benzene rings is 1. The SMILES string of the molecule is O=C1NC(=S)NC(=O)C1[C@@H](c1cccc(Br)c1)c1c(O)[nH]c(=S)[nH]c1=O. The van der Waals surface area contributed by atoms with Gasteiger partial charge in [-0.25, -0.2) is 0 Å². The average Bonchev–Trinajstić information content (AvgIpc) is 2.51. The van der Waals surface area contributed by atoms with Crippen molar-refractivity contribution in [1.29, 1.82) is 0 Å². The average molecular weight is 455 g/mol. The zero-order valence-electron chi connectivity index (χ0n) is 12.8. The van der Waals surface area contributed by atoms with Gasteiger partial charge in [0, 0.05) is 10.4 Å². The standard InChI is InChI=1S/C15H11BrN4O4S2/c16-6-3-1-2-5(4-6)7(8-10(21)17-14(25)18-11(8)22)9-12(23)19-15(26)20-13(9)24/h1-4,7-8H,(H2,17,18,21,22,25)(H3,19,20,23,24,26)/t7-/m1/s1. The van der Waals surface area contributed by atoms with Gasteiger partial charge < -0.3 is 20.7 Å². The summed E-state index contributed by atoms with van der Waals surface area (Å²) in [6, 6.07) is 6.73. The summed E-state index contributed by atoms with van der Waals surface area (Å²) >= 11 is 13.0. The van der Waals surface area contributed by atoms with Gasteiger partial charge >= 0.3 is 0 Å². The molecule has 1 aliphatic heterocycles. The number of aromatic hydroxyl groups is 1. The number of carbonyl (C=O) groups is 2. The Hall–Kier alpha value is -2.37. The Bertz CT molecular complexity index is 1030. The molecule has 8 nitrogen and oxygen atoms in total. The smallest absolute Gasteiger partial charge is 0.259 e. The van der Waals surface area contributed by atoms with Crippen LogP contribution in [0.1, 0.15) is 17.0 Å². The number of carbonyl (C=O) groups excluding carboxylic acids is 2. The predicted octanol–water partition coefficient (Wildman–Crippen LogP) is 1.18. The van der Waals surface area contributed by atoms with E-state index in [1.807, 2.05) is 0 Å². The second-order valence-corrected chi connectivity index (χ2v) is 7.22. The first-order chi connectivity index (χ1) is 12.3. The Morgan fingerprint density at radius 2 is 1.73 bits per heavy atom. The minimum absolute atomic E-state index is 0.0806. The van der Waals surface area contributed by atoms with E-state index in [-0.39, 0.29) is 15.4 Å². The molecule has 1 aromatic carbocycles. The molecular weight excluding hydrogens is 444 g/mol. The van der Waals surface area contributed by atoms with Crippen molar-refractivity contribution < 1.29 is 14.7 Å². The molecule has 1 fully saturated rings. The lowest BCUT2D eigenvalue weighted by Gasteiger charge is -2.29. The summed E-state index contributed by atoms with van der Waals surface area (Å²) in [6.45, 7) is 0. The molecule has 1 aromatic heterocycles. The van der Waals surface area contributed by atoms with Crippen molar-refractivity contribution in [2.75, 3.05) is 0 Å². The number of hydrogen-bond acceptors (Lipinski definition) is 6. The lowest BCUT2D eigenvalue weighted by atomic mass is 9.79. The number of amides is 2. The van der Waals surface area contributed by atoms with Gasteiger partial charge in [0.05, 0.1) is 5.56 Å². The minimum Gasteiger partial charge on any atom is -0.494 e. The van der Waals surface area contributed by atoms with Crippen LogP contribution in [0.2, 0.25) is 0 Å². The van der Waals surface area contributed by atoms with Crippen molar-refractivity contribution in [2.24, 2.45) is 5.92 Å². The molecule has 0 bridgehead atoms. The van der Waals surface area contributed by atoms with Crippen LogP contribution < -0.4 is 16.2 Å². The molecule has 0 radical (unpaired) electrons. The van der Waals surface area contributed by atoms with E-state index < -0.39 is 35.1 Å². The van der Waals surface area contributed by atoms with E-state index in [4.69, 9.17) is 24.4 Å². The third-order valence-electron chi connectivity index (χ3n) is 3.85. The third-order valence-corrected chi connectivity index (χ3v) is 4.75. The van der Waals surface area contributed by atoms with Crippen LogP contribution in [0.5, 0.6) is 5.88 Å². The number of aromatic amines is 2. The number of hydrogen-bond donors (Lipinski definition) is 5. The molecule has 134 valence electrons. The quantitative estimate of drug-likeness (QED) is 0.350. The second-order valence-electron chi connectivity index (χ2n) is 5.49. The molecule has 11 heteroatoms. The molecule has 0 saturated carbocycles. The molecule has 5 N–H and O–H groups in total. The van der Waals surface area contributed by atoms with E-state index in [2.05, 4.69) is 36.5 Å². The highest BCUT2D eigenvalue weighted by atomic mass is 79.9. The zero-order valence-corrected chi connectivity index (χ0v) is 16.0. The van der Waals surface area contributed by atoms with Crippen molar-refractivity contribution in [2.45, 2.75) is 5.92 Å². The Balaban J connectivity index is 2.26. The van der Waals surface area contributed by atoms with Crippen LogP contribution in [-0.2, 0) is 9.59 Å². The lowest BCUT2D eigenvalue weighted by Crippen LogP contribution is -2.57. The van der Waals surface area contributed by atoms with Crippen LogP contribution in [0.25, 0.3) is 0 Å². The molecule has 1 aliphatic rings. The Morgan fingerprint density at radius 1 is 1.08 bits per heavy atom. The molecule has 3 rings (SSSR count). The molecule has 0 unspecified atom stereocenters. The summed E-state index contributed by atoms with van der Waals surface area (Å²) in [7, 11) is 0. The van der Waals surface area contributed by atoms with Crippen LogP contribution >= 0.6 is 40.4 Å². The van der Waals surface area contributed by atoms with Gasteiger partial charge in [-0.3, -0.25) is 19.4 Å². The van der Waals surface area contributed by atoms with Gasteiger partial charge in [0.25, 0.3) is 5.56 Å². The molecule has 2 aromatic rings. The highest BCUT2D eigenvalue weighted by molar-refractivity contribution is 9.10. The number of thiocarbonyl (C=S) groups is 1. The third kappa shape index (κ3) is 3.45. The number of rotatable bonds is 3. The van der Waals surface area contributed by atoms with Crippen molar-refractivity contribution in [1.82, 2.24) is 20.6 Å². The summed E-state index contributed by atoms with van der Waals surface area (Å²) in [4.78, 5) is 42.2. The summed E-state index contributed by atoms with van der Waals surface area (Å²) < 4.78 is 0.593. The Labute approximate surface area is 165 Å². The number of aromatic nitrogens is 2. The van der Waals surface area contributed by atoms with E-state index in [1.54, 1.807) is 24.3 Å². The van der Waals surface area contributed by atoms with Crippen LogP contribution in [0.4, 0.5) is 0 Å². The molecule has 2 amide bonds. The van der Waals surface area contributed by atoms with Crippen molar-refractivity contribution in [3.63, 3.8) is 0 Å². The number of nitrogens with one attached hydrogen (secondary N) is 4. The first-order valence-electron chi connectivity index (χ1n) is 7.24. The highest BCUT2D eigenvalue weighted by Gasteiger charge is 2.43. The fraction of sp³-hybridized carbons (Fsp3) is 0.133. The molecule has 26 heavy (non-hydrogen) atoms. The maximum Gasteiger partial charge on any atom is 0.259 e. The monoisotopic (exact) mass is 454 g/mol. The minimum atomic E-state index is -1.33. The second kappa shape index (κ2) is 7.09. The van der Waals surface area contributed by atoms with Crippen LogP contribution in [0.3, 0.4) is 0 Å². The van der Waals surface area contributed by atoms with E-state index in [0.29, 0.717) is 10.0 Å². The molecular formula is C15H11BrN4O4S2. The first kappa shape index (κ1) is 18.4. The topological polar surface area (TPSA) is 127 Å². The molecule has 0 aliphatic carbocycles. The van der Waals surface area contributed by atoms with Gasteiger partial charge in [-0.05, 0) is 42.1 Å². The normalized spacial score (nSPS) is 16.1. The summed E-state index contributed by atoms with van der Waals surface area (Å²) in [5.41, 5.74) is -0.418. The van der Waals surface area contributed by atoms with E-state index in [1.165, 1.54) is 0 Å². The van der Waals surface area contributed by atoms with Gasteiger partial charge in [-0.1, -0.05) is 28.1 Å². The molecule has 0 spiro atoms. The van der Waals surface area contributed by atoms with Gasteiger partial charge in [-0.2, -0.15) is 0 Å². The molecule has 1 saturated heterocycles. The predicted molar refractivity (Wildman–Crippen MR) is 102 cm³/mol. The highest BCUT2D eigenvalue weighted by Crippen LogP contribution is 2.36. The fourth-order valence-electron chi connectivity index (χ4n) is 2.83. The maximum atomic E-state index is 12.5. The largest absolute Gasteiger partial charge is 0.494 e. The molecule has 2 heterocycles. The van der Waals surface area contributed by atoms with E-state index in [9.17, 15) is 19.5 Å². The van der Waals surface area contributed by atoms with Crippen molar-refractivity contribution in [3.8, 4) is 5.88 Å². The Kier molecular flexibility index (Phi) is 5.03. The van der Waals surface area contributed by atoms with Crippen molar-refractivity contribution >= 4 is 57.3 Å². The fourth-order valence-corrected chi connectivity index (χ4v) is 3.64. The molecule has 1 atom stereocenters. The van der Waals surface area contributed by atoms with Crippen LogP contribution in [0, 0.1) is 10.7 Å². The number of halogens is 1. The van der Waals surface area contributed by atoms with Gasteiger partial charge in [-0.15, -0.1) is 0 Å². The number of H-pyrrole nitrogens is 2. The van der Waals surface area contributed by atoms with Gasteiger partial charge in [0.15, 0.2) is 15.8 Å². The first-order valence-corrected chi connectivity index (χ1v) is 8.85. The van der Waals surface area contributed by atoms with Crippen LogP contribution in [-0.4, -0.2) is 32.0 Å². The summed E-state index contributed by atoms with van der Waals surface area (Å²) in [5, 5.41) is 14.9. The van der Waals surface area contributed by atoms with E-state index >= 15 is 0 Å². The maximum absolute atomic E-state index is 12.5. The van der Waals surface area contributed by atoms with E-state index in [0.717, 1.165) is 0 Å². The lowest BCUT2D eigenvalue weighted by molar-refractivity contribution is -0.135. The van der Waals surface area contributed by atoms with Gasteiger partial charge in [0.1, 0.15) is 5.92 Å². The van der Waals surface area contributed by atoms with Gasteiger partial charge in [0.2, 0.25) is 11.8 Å². The summed E-state index contributed by atoms with van der Waals surface area (Å²) in [5.74, 6) is -4.27.